The minimum atomic E-state index is -0.955. The molecule has 0 atom stereocenters. The minimum absolute atomic E-state index is 0.0185. The highest BCUT2D eigenvalue weighted by atomic mass is 16.4. The molecular formula is C17H32N6O6. The molecule has 0 aromatic rings. The number of carboxylic acid groups (broad SMARTS) is 2. The molecule has 0 bridgehead atoms. The molecule has 0 aromatic heterocycles. The topological polar surface area (TPSA) is 160 Å². The molecule has 0 saturated carbocycles. The fourth-order valence-electron chi connectivity index (χ4n) is 3.10. The van der Waals surface area contributed by atoms with Crippen LogP contribution in [0.5, 0.6) is 0 Å². The van der Waals surface area contributed by atoms with Gasteiger partial charge in [0.1, 0.15) is 0 Å². The van der Waals surface area contributed by atoms with E-state index in [-0.39, 0.29) is 32.1 Å². The molecule has 0 unspecified atom stereocenters. The van der Waals surface area contributed by atoms with Crippen LogP contribution in [0.3, 0.4) is 0 Å². The quantitative estimate of drug-likeness (QED) is 0.314. The molecule has 29 heavy (non-hydrogen) atoms. The zero-order valence-corrected chi connectivity index (χ0v) is 16.9. The summed E-state index contributed by atoms with van der Waals surface area (Å²) < 4.78 is 0. The monoisotopic (exact) mass is 416 g/mol. The lowest BCUT2D eigenvalue weighted by Gasteiger charge is -2.32. The molecule has 1 fully saturated rings. The molecule has 1 saturated heterocycles. The fourth-order valence-corrected chi connectivity index (χ4v) is 3.10. The highest BCUT2D eigenvalue weighted by Crippen LogP contribution is 2.01. The average Bonchev–Trinajstić information content (AvgIpc) is 2.62. The number of aliphatic carboxylic acids is 2. The van der Waals surface area contributed by atoms with Crippen molar-refractivity contribution in [2.75, 3.05) is 85.6 Å². The second-order valence-electron chi connectivity index (χ2n) is 7.03. The lowest BCUT2D eigenvalue weighted by molar-refractivity contribution is -0.139. The normalized spacial score (nSPS) is 19.1. The first kappa shape index (κ1) is 24.8. The molecule has 1 rings (SSSR count). The molecule has 1 aliphatic rings. The van der Waals surface area contributed by atoms with Crippen LogP contribution in [0.15, 0.2) is 0 Å². The van der Waals surface area contributed by atoms with Gasteiger partial charge in [-0.05, 0) is 0 Å². The number of carbonyl (C=O) groups excluding carboxylic acids is 2. The summed E-state index contributed by atoms with van der Waals surface area (Å²) in [5, 5.41) is 20.9. The van der Waals surface area contributed by atoms with Crippen molar-refractivity contribution in [3.8, 4) is 0 Å². The zero-order valence-electron chi connectivity index (χ0n) is 16.9. The van der Waals surface area contributed by atoms with Gasteiger partial charge in [-0.1, -0.05) is 0 Å². The van der Waals surface area contributed by atoms with Crippen molar-refractivity contribution in [3.05, 3.63) is 0 Å². The number of carbonyl (C=O) groups is 4. The summed E-state index contributed by atoms with van der Waals surface area (Å²) in [5.41, 5.74) is 5.31. The van der Waals surface area contributed by atoms with Crippen molar-refractivity contribution in [1.82, 2.24) is 24.9 Å². The molecule has 2 amide bonds. The summed E-state index contributed by atoms with van der Waals surface area (Å²) >= 11 is 0. The maximum Gasteiger partial charge on any atom is 0.317 e. The van der Waals surface area contributed by atoms with Gasteiger partial charge in [-0.25, -0.2) is 0 Å². The van der Waals surface area contributed by atoms with Gasteiger partial charge in [-0.15, -0.1) is 0 Å². The molecule has 0 aromatic carbocycles. The van der Waals surface area contributed by atoms with Crippen LogP contribution in [-0.2, 0) is 19.2 Å². The lowest BCUT2D eigenvalue weighted by Crippen LogP contribution is -2.50. The van der Waals surface area contributed by atoms with Gasteiger partial charge >= 0.3 is 11.9 Å². The number of amides is 2. The molecule has 1 aliphatic heterocycles. The number of nitrogens with zero attached hydrogens (tertiary/aromatic N) is 4. The van der Waals surface area contributed by atoms with Gasteiger partial charge in [-0.3, -0.25) is 38.8 Å². The van der Waals surface area contributed by atoms with Crippen LogP contribution in [0.1, 0.15) is 0 Å². The van der Waals surface area contributed by atoms with E-state index in [9.17, 15) is 19.2 Å². The second-order valence-corrected chi connectivity index (χ2v) is 7.03. The lowest BCUT2D eigenvalue weighted by atomic mass is 10.3. The molecule has 5 N–H and O–H groups in total. The van der Waals surface area contributed by atoms with Crippen molar-refractivity contribution in [3.63, 3.8) is 0 Å². The SMILES string of the molecule is CNC(=O)CN1CCN(CC(=O)O)CCN(CC(N)=O)CCN(CC(=O)O)CC1. The van der Waals surface area contributed by atoms with Gasteiger partial charge in [0.2, 0.25) is 11.8 Å². The van der Waals surface area contributed by atoms with Crippen molar-refractivity contribution >= 4 is 23.8 Å². The summed E-state index contributed by atoms with van der Waals surface area (Å²) in [6, 6.07) is 0. The highest BCUT2D eigenvalue weighted by Gasteiger charge is 2.20. The Balaban J connectivity index is 2.92. The van der Waals surface area contributed by atoms with E-state index in [1.807, 2.05) is 4.90 Å². The zero-order chi connectivity index (χ0) is 21.8. The van der Waals surface area contributed by atoms with E-state index in [0.717, 1.165) is 0 Å². The van der Waals surface area contributed by atoms with E-state index in [1.54, 1.807) is 21.7 Å². The van der Waals surface area contributed by atoms with Crippen molar-refractivity contribution in [2.24, 2.45) is 5.73 Å². The van der Waals surface area contributed by atoms with Gasteiger partial charge in [-0.2, -0.15) is 0 Å². The van der Waals surface area contributed by atoms with E-state index >= 15 is 0 Å². The Kier molecular flexibility index (Phi) is 11.1. The maximum absolute atomic E-state index is 11.8. The van der Waals surface area contributed by atoms with E-state index in [4.69, 9.17) is 15.9 Å². The van der Waals surface area contributed by atoms with Gasteiger partial charge in [0.05, 0.1) is 26.2 Å². The summed E-state index contributed by atoms with van der Waals surface area (Å²) in [7, 11) is 1.54. The van der Waals surface area contributed by atoms with Crippen LogP contribution in [0, 0.1) is 0 Å². The Labute approximate surface area is 170 Å². The predicted octanol–water partition coefficient (Wildman–Crippen LogP) is -3.39. The largest absolute Gasteiger partial charge is 0.480 e. The third-order valence-electron chi connectivity index (χ3n) is 4.67. The predicted molar refractivity (Wildman–Crippen MR) is 104 cm³/mol. The molecule has 0 spiro atoms. The van der Waals surface area contributed by atoms with E-state index in [0.29, 0.717) is 52.4 Å². The van der Waals surface area contributed by atoms with E-state index < -0.39 is 17.8 Å². The van der Waals surface area contributed by atoms with E-state index in [2.05, 4.69) is 5.32 Å². The molecule has 1 heterocycles. The molecule has 0 radical (unpaired) electrons. The van der Waals surface area contributed by atoms with Gasteiger partial charge < -0.3 is 21.3 Å². The Morgan fingerprint density at radius 3 is 1.28 bits per heavy atom. The maximum atomic E-state index is 11.8. The van der Waals surface area contributed by atoms with Crippen molar-refractivity contribution in [1.29, 1.82) is 0 Å². The summed E-state index contributed by atoms with van der Waals surface area (Å²) in [6.45, 7) is 3.29. The molecule has 0 aliphatic carbocycles. The van der Waals surface area contributed by atoms with Crippen molar-refractivity contribution in [2.45, 2.75) is 0 Å². The van der Waals surface area contributed by atoms with Gasteiger partial charge in [0.25, 0.3) is 0 Å². The number of nitrogens with two attached hydrogens (primary N) is 1. The fraction of sp³-hybridized carbons (Fsp3) is 0.765. The first-order valence-electron chi connectivity index (χ1n) is 9.51. The number of carboxylic acids is 2. The van der Waals surface area contributed by atoms with Crippen LogP contribution in [0.2, 0.25) is 0 Å². The second kappa shape index (κ2) is 13.0. The third kappa shape index (κ3) is 11.3. The first-order valence-corrected chi connectivity index (χ1v) is 9.51. The van der Waals surface area contributed by atoms with E-state index in [1.165, 1.54) is 0 Å². The Bertz CT molecular complexity index is 543. The number of likely N-dealkylation sites (N-methyl/N-ethyl adjacent to an activating group) is 1. The average molecular weight is 416 g/mol. The number of rotatable bonds is 8. The van der Waals surface area contributed by atoms with Crippen LogP contribution < -0.4 is 11.1 Å². The molecule has 166 valence electrons. The summed E-state index contributed by atoms with van der Waals surface area (Å²) in [6.07, 6.45) is 0. The summed E-state index contributed by atoms with van der Waals surface area (Å²) in [4.78, 5) is 52.7. The Morgan fingerprint density at radius 2 is 1.00 bits per heavy atom. The Morgan fingerprint density at radius 1 is 0.690 bits per heavy atom. The highest BCUT2D eigenvalue weighted by molar-refractivity contribution is 5.77. The van der Waals surface area contributed by atoms with Crippen LogP contribution in [-0.4, -0.2) is 139 Å². The van der Waals surface area contributed by atoms with Gasteiger partial charge in [0.15, 0.2) is 0 Å². The Hall–Kier alpha value is -2.28. The first-order chi connectivity index (χ1) is 13.7. The molecular weight excluding hydrogens is 384 g/mol. The van der Waals surface area contributed by atoms with Gasteiger partial charge in [0, 0.05) is 59.4 Å². The molecule has 12 nitrogen and oxygen atoms in total. The number of primary amides is 1. The third-order valence-corrected chi connectivity index (χ3v) is 4.67. The van der Waals surface area contributed by atoms with Crippen LogP contribution in [0.25, 0.3) is 0 Å². The summed E-state index contributed by atoms with van der Waals surface area (Å²) in [5.74, 6) is -2.57. The van der Waals surface area contributed by atoms with Crippen molar-refractivity contribution < 1.29 is 29.4 Å². The minimum Gasteiger partial charge on any atom is -0.480 e. The standard InChI is InChI=1S/C17H32N6O6/c1-19-15(25)11-21-4-8-22(12-16(26)27)6-2-20(10-14(18)24)3-7-23(9-5-21)13-17(28)29/h2-13H2,1H3,(H2,18,24)(H,19,25)(H,26,27)(H,28,29). The number of nitrogens with one attached hydrogen (secondary N) is 1. The van der Waals surface area contributed by atoms with Crippen LogP contribution in [0.4, 0.5) is 0 Å². The van der Waals surface area contributed by atoms with Crippen LogP contribution >= 0.6 is 0 Å². The number of hydrogen-bond donors (Lipinski definition) is 4. The number of hydrogen-bond acceptors (Lipinski definition) is 8. The molecule has 12 heteroatoms. The smallest absolute Gasteiger partial charge is 0.317 e.